The first kappa shape index (κ1) is 43.0. The van der Waals surface area contributed by atoms with Gasteiger partial charge < -0.3 is 0 Å². The van der Waals surface area contributed by atoms with Gasteiger partial charge in [0.25, 0.3) is 0 Å². The Labute approximate surface area is 136 Å². The number of rotatable bonds is 1. The van der Waals surface area contributed by atoms with Crippen molar-refractivity contribution < 1.29 is 40.8 Å². The first-order valence-corrected chi connectivity index (χ1v) is 7.14. The fourth-order valence-corrected chi connectivity index (χ4v) is 0. The molecule has 0 bridgehead atoms. The summed E-state index contributed by atoms with van der Waals surface area (Å²) >= 11 is 0. The highest BCUT2D eigenvalue weighted by molar-refractivity contribution is 3.88. The maximum atomic E-state index is 8.93. The van der Waals surface area contributed by atoms with Gasteiger partial charge in [-0.1, -0.05) is 0 Å². The molecular formula is C14H35O8. The highest BCUT2D eigenvalue weighted by atomic mass is 17.1. The zero-order valence-electron chi connectivity index (χ0n) is 15.2. The van der Waals surface area contributed by atoms with E-state index in [9.17, 15) is 0 Å². The summed E-state index contributed by atoms with van der Waals surface area (Å²) in [6.07, 6.45) is 0. The van der Waals surface area contributed by atoms with Gasteiger partial charge in [-0.25, -0.2) is 35.5 Å². The van der Waals surface area contributed by atoms with Crippen molar-refractivity contribution in [2.45, 2.75) is 48.5 Å². The third-order valence-corrected chi connectivity index (χ3v) is 0.118. The van der Waals surface area contributed by atoms with E-state index in [2.05, 4.69) is 4.89 Å². The highest BCUT2D eigenvalue weighted by Gasteiger charge is 1.57. The van der Waals surface area contributed by atoms with E-state index >= 15 is 0 Å². The molecule has 0 unspecified atom stereocenters. The monoisotopic (exact) mass is 331 g/mol. The average molecular weight is 331 g/mol. The Morgan fingerprint density at radius 2 is 0.500 bits per heavy atom. The average Bonchev–Trinajstić information content (AvgIpc) is 2.44. The molecule has 0 saturated heterocycles. The topological polar surface area (TPSA) is 149 Å². The van der Waals surface area contributed by atoms with Crippen LogP contribution in [-0.2, 0) is 40.8 Å². The largest absolute Gasteiger partial charge is 0.237 e. The second-order valence-corrected chi connectivity index (χ2v) is 2.14. The third-order valence-electron chi connectivity index (χ3n) is 0.118. The molecule has 0 N–H and O–H groups in total. The summed E-state index contributed by atoms with van der Waals surface area (Å²) in [5.41, 5.74) is 0. The molecule has 0 fully saturated rings. The Kier molecular flexibility index (Phi) is 266. The van der Waals surface area contributed by atoms with E-state index in [1.54, 1.807) is 48.5 Å². The molecule has 0 aromatic rings. The van der Waals surface area contributed by atoms with Gasteiger partial charge in [0.1, 0.15) is 0 Å². The maximum absolute atomic E-state index is 8.93. The van der Waals surface area contributed by atoms with Crippen LogP contribution in [0.3, 0.4) is 0 Å². The summed E-state index contributed by atoms with van der Waals surface area (Å²) in [6, 6.07) is 0. The van der Waals surface area contributed by atoms with E-state index in [1.807, 2.05) is 0 Å². The van der Waals surface area contributed by atoms with Crippen molar-refractivity contribution in [3.63, 3.8) is 0 Å². The van der Waals surface area contributed by atoms with E-state index in [4.69, 9.17) is 35.9 Å². The van der Waals surface area contributed by atoms with Crippen molar-refractivity contribution >= 4 is 0 Å². The summed E-state index contributed by atoms with van der Waals surface area (Å²) in [5, 5.41) is 62.4. The predicted octanol–water partition coefficient (Wildman–Crippen LogP) is 2.99. The molecule has 139 valence electrons. The number of hydrogen-bond acceptors (Lipinski definition) is 1. The molecule has 0 rings (SSSR count). The van der Waals surface area contributed by atoms with E-state index < -0.39 is 0 Å². The Hall–Kier alpha value is -0.320. The van der Waals surface area contributed by atoms with Gasteiger partial charge >= 0.3 is 0 Å². The van der Waals surface area contributed by atoms with Crippen molar-refractivity contribution in [1.29, 1.82) is 0 Å². The molecule has 0 aliphatic rings. The van der Waals surface area contributed by atoms with Crippen LogP contribution in [-0.4, -0.2) is 46.2 Å². The zero-order chi connectivity index (χ0) is 19.7. The van der Waals surface area contributed by atoms with E-state index in [-0.39, 0.29) is 46.2 Å². The Balaban J connectivity index is -0.0000000239. The van der Waals surface area contributed by atoms with E-state index in [0.717, 1.165) is 0 Å². The van der Waals surface area contributed by atoms with Gasteiger partial charge in [0.15, 0.2) is 0 Å². The first-order chi connectivity index (χ1) is 10.4. The van der Waals surface area contributed by atoms with Crippen LogP contribution in [0.5, 0.6) is 0 Å². The van der Waals surface area contributed by atoms with Gasteiger partial charge in [0, 0.05) is 0 Å². The van der Waals surface area contributed by atoms with Crippen LogP contribution in [0.1, 0.15) is 48.5 Å². The van der Waals surface area contributed by atoms with Gasteiger partial charge in [-0.15, -0.1) is 0 Å². The van der Waals surface area contributed by atoms with Gasteiger partial charge in [-0.2, -0.15) is 0 Å². The lowest BCUT2D eigenvalue weighted by Crippen LogP contribution is -1.72. The van der Waals surface area contributed by atoms with Crippen LogP contribution in [0, 0.1) is 0 Å². The highest BCUT2D eigenvalue weighted by Crippen LogP contribution is 1.53. The summed E-state index contributed by atoms with van der Waals surface area (Å²) in [4.78, 5) is 3.29. The van der Waals surface area contributed by atoms with Crippen LogP contribution in [0.2, 0.25) is 0 Å². The van der Waals surface area contributed by atoms with Crippen molar-refractivity contribution in [1.82, 2.24) is 0 Å². The van der Waals surface area contributed by atoms with Crippen LogP contribution in [0.25, 0.3) is 0 Å². The molecule has 0 aliphatic carbocycles. The molecule has 0 atom stereocenters. The maximum Gasteiger partial charge on any atom is 0.0826 e. The lowest BCUT2D eigenvalue weighted by Gasteiger charge is -1.68. The standard InChI is InChI=1S/C2H5O2.6C2H5O/c1-2-4-3;6*1-2-3/h2H2,1H3;6*2H2,1H3. The van der Waals surface area contributed by atoms with Crippen molar-refractivity contribution in [2.24, 2.45) is 0 Å². The molecule has 8 nitrogen and oxygen atoms in total. The predicted molar refractivity (Wildman–Crippen MR) is 79.7 cm³/mol. The molecule has 0 aromatic carbocycles. The van der Waals surface area contributed by atoms with Crippen LogP contribution in [0.4, 0.5) is 0 Å². The summed E-state index contributed by atoms with van der Waals surface area (Å²) in [7, 11) is 0. The van der Waals surface area contributed by atoms with Gasteiger partial charge in [0.05, 0.1) is 46.2 Å². The summed E-state index contributed by atoms with van der Waals surface area (Å²) < 4.78 is 0. The Morgan fingerprint density at radius 1 is 0.455 bits per heavy atom. The minimum Gasteiger partial charge on any atom is -0.237 e. The third kappa shape index (κ3) is 14900. The molecule has 0 aliphatic heterocycles. The molecular weight excluding hydrogens is 296 g/mol. The molecule has 0 heterocycles. The van der Waals surface area contributed by atoms with Crippen LogP contribution >= 0.6 is 0 Å². The molecule has 22 heavy (non-hydrogen) atoms. The SMILES string of the molecule is CCO[O].CC[O].CC[O].CC[O].CC[O].CC[O].CC[O]. The van der Waals surface area contributed by atoms with E-state index in [0.29, 0.717) is 0 Å². The van der Waals surface area contributed by atoms with Gasteiger partial charge in [0.2, 0.25) is 0 Å². The minimum atomic E-state index is 0. The Bertz CT molecular complexity index is 51.3. The van der Waals surface area contributed by atoms with Gasteiger partial charge in [-0.05, 0) is 53.7 Å². The molecule has 8 heteroatoms. The van der Waals surface area contributed by atoms with Crippen molar-refractivity contribution in [3.05, 3.63) is 0 Å². The lowest BCUT2D eigenvalue weighted by molar-refractivity contribution is -0.299. The lowest BCUT2D eigenvalue weighted by atomic mass is 10.9. The van der Waals surface area contributed by atoms with Crippen molar-refractivity contribution in [3.8, 4) is 0 Å². The normalized spacial score (nSPS) is 6.27. The molecule has 7 radical (unpaired) electrons. The van der Waals surface area contributed by atoms with E-state index in [1.165, 1.54) is 0 Å². The molecule has 0 spiro atoms. The fraction of sp³-hybridized carbons (Fsp3) is 1.00. The zero-order valence-corrected chi connectivity index (χ0v) is 15.2. The fourth-order valence-electron chi connectivity index (χ4n) is 0. The first-order valence-electron chi connectivity index (χ1n) is 7.14. The van der Waals surface area contributed by atoms with Crippen molar-refractivity contribution in [2.75, 3.05) is 46.2 Å². The number of hydrogen-bond donors (Lipinski definition) is 0. The summed E-state index contributed by atoms with van der Waals surface area (Å²) in [6.45, 7) is 11.3. The Morgan fingerprint density at radius 3 is 0.500 bits per heavy atom. The minimum absolute atomic E-state index is 0. The second-order valence-electron chi connectivity index (χ2n) is 2.14. The van der Waals surface area contributed by atoms with Crippen LogP contribution < -0.4 is 0 Å². The molecule has 0 saturated carbocycles. The quantitative estimate of drug-likeness (QED) is 0.527. The second kappa shape index (κ2) is 136. The van der Waals surface area contributed by atoms with Gasteiger partial charge in [-0.3, -0.25) is 0 Å². The smallest absolute Gasteiger partial charge is 0.0826 e. The van der Waals surface area contributed by atoms with Crippen LogP contribution in [0.15, 0.2) is 0 Å². The molecule has 0 amide bonds. The summed E-state index contributed by atoms with van der Waals surface area (Å²) in [5.74, 6) is 0. The molecule has 0 aromatic heterocycles.